The highest BCUT2D eigenvalue weighted by atomic mass is 15.3. The lowest BCUT2D eigenvalue weighted by molar-refractivity contribution is 0.790. The van der Waals surface area contributed by atoms with Gasteiger partial charge in [-0.1, -0.05) is 0 Å². The van der Waals surface area contributed by atoms with E-state index in [1.54, 1.807) is 18.7 Å². The second-order valence-electron chi connectivity index (χ2n) is 5.43. The normalized spacial score (nSPS) is 18.0. The Balaban J connectivity index is 1.51. The van der Waals surface area contributed by atoms with Crippen molar-refractivity contribution < 1.29 is 0 Å². The molecule has 0 saturated carbocycles. The summed E-state index contributed by atoms with van der Waals surface area (Å²) >= 11 is 0. The Morgan fingerprint density at radius 2 is 2.27 bits per heavy atom. The molecule has 1 aliphatic heterocycles. The maximum atomic E-state index is 4.41. The minimum Gasteiger partial charge on any atom is -0.354 e. The average molecular weight is 296 g/mol. The number of nitrogens with zero attached hydrogens (tertiary/aromatic N) is 6. The third-order valence-corrected chi connectivity index (χ3v) is 3.84. The zero-order chi connectivity index (χ0) is 14.9. The van der Waals surface area contributed by atoms with Crippen LogP contribution in [0.3, 0.4) is 0 Å². The van der Waals surface area contributed by atoms with Crippen LogP contribution >= 0.6 is 0 Å². The molecule has 4 heterocycles. The molecular formula is C14H16N8. The monoisotopic (exact) mass is 296 g/mol. The minimum absolute atomic E-state index is 0.304. The topological polar surface area (TPSA) is 95.5 Å². The predicted octanol–water partition coefficient (Wildman–Crippen LogP) is 1.14. The maximum absolute atomic E-state index is 4.41. The van der Waals surface area contributed by atoms with E-state index < -0.39 is 0 Å². The van der Waals surface area contributed by atoms with Gasteiger partial charge in [-0.15, -0.1) is 0 Å². The van der Waals surface area contributed by atoms with E-state index in [1.165, 1.54) is 0 Å². The lowest BCUT2D eigenvalue weighted by Gasteiger charge is -2.18. The van der Waals surface area contributed by atoms with Gasteiger partial charge in [0.05, 0.1) is 11.6 Å². The Labute approximate surface area is 127 Å². The molecule has 1 unspecified atom stereocenters. The van der Waals surface area contributed by atoms with Crippen molar-refractivity contribution in [2.45, 2.75) is 19.4 Å². The summed E-state index contributed by atoms with van der Waals surface area (Å²) in [6, 6.07) is 2.20. The lowest BCUT2D eigenvalue weighted by Crippen LogP contribution is -2.27. The molecule has 22 heavy (non-hydrogen) atoms. The van der Waals surface area contributed by atoms with Gasteiger partial charge in [0.2, 0.25) is 5.95 Å². The van der Waals surface area contributed by atoms with Crippen molar-refractivity contribution in [3.63, 3.8) is 0 Å². The van der Waals surface area contributed by atoms with Crippen LogP contribution < -0.4 is 10.2 Å². The van der Waals surface area contributed by atoms with E-state index in [2.05, 4.69) is 40.3 Å². The molecule has 0 amide bonds. The van der Waals surface area contributed by atoms with Gasteiger partial charge in [0.1, 0.15) is 12.1 Å². The van der Waals surface area contributed by atoms with Crippen LogP contribution in [0.5, 0.6) is 0 Å². The standard InChI is InChI=1S/C14H16N8/c1-9-2-4-15-14(19-9)20-10-3-5-22(7-10)13-11-6-18-21-12(11)16-8-17-13/h2,4,6,8,10H,3,5,7H2,1H3,(H,15,19,20)(H,16,17,18,21). The van der Waals surface area contributed by atoms with Crippen LogP contribution in [0.2, 0.25) is 0 Å². The van der Waals surface area contributed by atoms with Gasteiger partial charge in [-0.2, -0.15) is 5.10 Å². The number of aryl methyl sites for hydroxylation is 1. The first-order valence-corrected chi connectivity index (χ1v) is 7.25. The smallest absolute Gasteiger partial charge is 0.223 e. The average Bonchev–Trinajstić information content (AvgIpc) is 3.15. The summed E-state index contributed by atoms with van der Waals surface area (Å²) in [7, 11) is 0. The summed E-state index contributed by atoms with van der Waals surface area (Å²) in [6.45, 7) is 3.75. The Morgan fingerprint density at radius 1 is 1.32 bits per heavy atom. The molecule has 0 aromatic carbocycles. The Hall–Kier alpha value is -2.77. The van der Waals surface area contributed by atoms with Crippen LogP contribution in [-0.2, 0) is 0 Å². The van der Waals surface area contributed by atoms with E-state index in [4.69, 9.17) is 0 Å². The van der Waals surface area contributed by atoms with E-state index in [1.807, 2.05) is 13.0 Å². The minimum atomic E-state index is 0.304. The number of H-pyrrole nitrogens is 1. The van der Waals surface area contributed by atoms with Crippen molar-refractivity contribution in [1.82, 2.24) is 30.1 Å². The van der Waals surface area contributed by atoms with Crippen LogP contribution in [0.1, 0.15) is 12.1 Å². The highest BCUT2D eigenvalue weighted by molar-refractivity contribution is 5.86. The van der Waals surface area contributed by atoms with Crippen molar-refractivity contribution in [3.8, 4) is 0 Å². The molecule has 4 rings (SSSR count). The molecule has 3 aromatic rings. The Kier molecular flexibility index (Phi) is 3.06. The van der Waals surface area contributed by atoms with Gasteiger partial charge in [-0.25, -0.2) is 19.9 Å². The van der Waals surface area contributed by atoms with E-state index in [0.29, 0.717) is 12.0 Å². The molecule has 2 N–H and O–H groups in total. The molecule has 0 bridgehead atoms. The quantitative estimate of drug-likeness (QED) is 0.748. The van der Waals surface area contributed by atoms with Gasteiger partial charge in [-0.3, -0.25) is 5.10 Å². The Bertz CT molecular complexity index is 798. The van der Waals surface area contributed by atoms with Crippen LogP contribution in [-0.4, -0.2) is 49.3 Å². The van der Waals surface area contributed by atoms with E-state index >= 15 is 0 Å². The number of fused-ring (bicyclic) bond motifs is 1. The van der Waals surface area contributed by atoms with Crippen molar-refractivity contribution >= 4 is 22.8 Å². The van der Waals surface area contributed by atoms with Crippen LogP contribution in [0.15, 0.2) is 24.8 Å². The third-order valence-electron chi connectivity index (χ3n) is 3.84. The van der Waals surface area contributed by atoms with E-state index in [-0.39, 0.29) is 0 Å². The number of rotatable bonds is 3. The summed E-state index contributed by atoms with van der Waals surface area (Å²) in [5, 5.41) is 11.3. The summed E-state index contributed by atoms with van der Waals surface area (Å²) in [5.74, 6) is 1.61. The van der Waals surface area contributed by atoms with Gasteiger partial charge >= 0.3 is 0 Å². The van der Waals surface area contributed by atoms with Gasteiger partial charge in [0.25, 0.3) is 0 Å². The Morgan fingerprint density at radius 3 is 3.18 bits per heavy atom. The van der Waals surface area contributed by atoms with Gasteiger partial charge in [0.15, 0.2) is 5.65 Å². The van der Waals surface area contributed by atoms with Gasteiger partial charge in [0, 0.05) is 31.0 Å². The lowest BCUT2D eigenvalue weighted by atomic mass is 10.3. The highest BCUT2D eigenvalue weighted by Crippen LogP contribution is 2.25. The van der Waals surface area contributed by atoms with Crippen LogP contribution in [0, 0.1) is 6.92 Å². The zero-order valence-electron chi connectivity index (χ0n) is 12.2. The van der Waals surface area contributed by atoms with Crippen molar-refractivity contribution in [2.24, 2.45) is 0 Å². The molecule has 112 valence electrons. The molecule has 1 saturated heterocycles. The molecule has 1 atom stereocenters. The molecule has 3 aromatic heterocycles. The first-order chi connectivity index (χ1) is 10.8. The number of hydrogen-bond donors (Lipinski definition) is 2. The van der Waals surface area contributed by atoms with E-state index in [9.17, 15) is 0 Å². The number of aromatic nitrogens is 6. The van der Waals surface area contributed by atoms with Crippen LogP contribution in [0.25, 0.3) is 11.0 Å². The molecule has 8 nitrogen and oxygen atoms in total. The molecule has 1 aliphatic rings. The number of nitrogens with one attached hydrogen (secondary N) is 2. The fourth-order valence-corrected chi connectivity index (χ4v) is 2.78. The summed E-state index contributed by atoms with van der Waals surface area (Å²) in [6.07, 6.45) is 6.13. The third kappa shape index (κ3) is 2.32. The zero-order valence-corrected chi connectivity index (χ0v) is 12.2. The predicted molar refractivity (Wildman–Crippen MR) is 82.7 cm³/mol. The fourth-order valence-electron chi connectivity index (χ4n) is 2.78. The molecule has 0 radical (unpaired) electrons. The van der Waals surface area contributed by atoms with Gasteiger partial charge in [-0.05, 0) is 19.4 Å². The number of anilines is 2. The first-order valence-electron chi connectivity index (χ1n) is 7.25. The van der Waals surface area contributed by atoms with Crippen molar-refractivity contribution in [1.29, 1.82) is 0 Å². The summed E-state index contributed by atoms with van der Waals surface area (Å²) in [4.78, 5) is 19.5. The largest absolute Gasteiger partial charge is 0.354 e. The number of aromatic amines is 1. The second-order valence-corrected chi connectivity index (χ2v) is 5.43. The van der Waals surface area contributed by atoms with Crippen LogP contribution in [0.4, 0.5) is 11.8 Å². The van der Waals surface area contributed by atoms with Gasteiger partial charge < -0.3 is 10.2 Å². The van der Waals surface area contributed by atoms with Crippen molar-refractivity contribution in [3.05, 3.63) is 30.5 Å². The first kappa shape index (κ1) is 12.9. The highest BCUT2D eigenvalue weighted by Gasteiger charge is 2.25. The molecule has 1 fully saturated rings. The molecule has 0 spiro atoms. The fraction of sp³-hybridized carbons (Fsp3) is 0.357. The molecule has 8 heteroatoms. The van der Waals surface area contributed by atoms with E-state index in [0.717, 1.165) is 42.1 Å². The number of hydrogen-bond acceptors (Lipinski definition) is 7. The molecule has 0 aliphatic carbocycles. The maximum Gasteiger partial charge on any atom is 0.223 e. The molecular weight excluding hydrogens is 280 g/mol. The summed E-state index contributed by atoms with van der Waals surface area (Å²) < 4.78 is 0. The van der Waals surface area contributed by atoms with Crippen molar-refractivity contribution in [2.75, 3.05) is 23.3 Å². The SMILES string of the molecule is Cc1ccnc(NC2CCN(c3ncnc4[nH]ncc34)C2)n1. The second kappa shape index (κ2) is 5.21. The summed E-state index contributed by atoms with van der Waals surface area (Å²) in [5.41, 5.74) is 1.73.